The zero-order valence-corrected chi connectivity index (χ0v) is 9.38. The molecular formula is C13H16N2O. The van der Waals surface area contributed by atoms with Crippen LogP contribution in [0.4, 0.5) is 0 Å². The smallest absolute Gasteiger partial charge is 0.266 e. The Labute approximate surface area is 95.1 Å². The summed E-state index contributed by atoms with van der Waals surface area (Å²) < 4.78 is 0. The predicted octanol–water partition coefficient (Wildman–Crippen LogP) is 2.30. The van der Waals surface area contributed by atoms with Crippen molar-refractivity contribution in [2.45, 2.75) is 44.9 Å². The summed E-state index contributed by atoms with van der Waals surface area (Å²) >= 11 is 0. The molecule has 0 fully saturated rings. The van der Waals surface area contributed by atoms with Gasteiger partial charge in [-0.2, -0.15) is 5.26 Å². The average molecular weight is 216 g/mol. The van der Waals surface area contributed by atoms with Gasteiger partial charge in [-0.25, -0.2) is 0 Å². The van der Waals surface area contributed by atoms with Crippen molar-refractivity contribution in [2.75, 3.05) is 0 Å². The van der Waals surface area contributed by atoms with Gasteiger partial charge >= 0.3 is 0 Å². The van der Waals surface area contributed by atoms with Crippen molar-refractivity contribution in [1.82, 2.24) is 4.98 Å². The van der Waals surface area contributed by atoms with Gasteiger partial charge in [-0.15, -0.1) is 0 Å². The predicted molar refractivity (Wildman–Crippen MR) is 62.3 cm³/mol. The van der Waals surface area contributed by atoms with Gasteiger partial charge in [-0.3, -0.25) is 4.79 Å². The summed E-state index contributed by atoms with van der Waals surface area (Å²) in [6.45, 7) is 0. The number of nitriles is 1. The van der Waals surface area contributed by atoms with E-state index in [-0.39, 0.29) is 5.56 Å². The van der Waals surface area contributed by atoms with Crippen LogP contribution in [0.5, 0.6) is 0 Å². The third-order valence-corrected chi connectivity index (χ3v) is 3.17. The van der Waals surface area contributed by atoms with Crippen molar-refractivity contribution in [2.24, 2.45) is 0 Å². The first-order chi connectivity index (χ1) is 7.81. The van der Waals surface area contributed by atoms with Gasteiger partial charge in [-0.05, 0) is 37.3 Å². The van der Waals surface area contributed by atoms with Crippen molar-refractivity contribution in [3.63, 3.8) is 0 Å². The zero-order chi connectivity index (χ0) is 11.4. The molecule has 0 unspecified atom stereocenters. The number of aryl methyl sites for hydroxylation is 2. The van der Waals surface area contributed by atoms with Crippen LogP contribution in [0.25, 0.3) is 0 Å². The quantitative estimate of drug-likeness (QED) is 0.723. The molecule has 1 aliphatic rings. The van der Waals surface area contributed by atoms with Gasteiger partial charge in [0.2, 0.25) is 0 Å². The minimum atomic E-state index is -0.212. The van der Waals surface area contributed by atoms with E-state index in [0.29, 0.717) is 5.56 Å². The molecule has 0 saturated heterocycles. The lowest BCUT2D eigenvalue weighted by Crippen LogP contribution is -2.16. The van der Waals surface area contributed by atoms with Crippen molar-refractivity contribution in [1.29, 1.82) is 5.26 Å². The third-order valence-electron chi connectivity index (χ3n) is 3.17. The molecule has 1 N–H and O–H groups in total. The van der Waals surface area contributed by atoms with Crippen molar-refractivity contribution >= 4 is 0 Å². The average Bonchev–Trinajstić information content (AvgIpc) is 2.27. The summed E-state index contributed by atoms with van der Waals surface area (Å²) in [4.78, 5) is 14.5. The summed E-state index contributed by atoms with van der Waals surface area (Å²) in [6.07, 6.45) is 7.69. The second-order valence-electron chi connectivity index (χ2n) is 4.40. The van der Waals surface area contributed by atoms with E-state index in [1.54, 1.807) is 0 Å². The molecule has 0 saturated carbocycles. The number of hydrogen-bond acceptors (Lipinski definition) is 2. The molecule has 0 spiro atoms. The Balaban J connectivity index is 2.41. The van der Waals surface area contributed by atoms with E-state index < -0.39 is 0 Å². The molecule has 3 heteroatoms. The number of fused-ring (bicyclic) bond motifs is 2. The summed E-state index contributed by atoms with van der Waals surface area (Å²) in [5.41, 5.74) is 2.02. The van der Waals surface area contributed by atoms with E-state index in [1.165, 1.54) is 19.3 Å². The van der Waals surface area contributed by atoms with Gasteiger partial charge in [0, 0.05) is 5.69 Å². The molecule has 2 rings (SSSR count). The number of nitrogens with zero attached hydrogens (tertiary/aromatic N) is 1. The van der Waals surface area contributed by atoms with Crippen LogP contribution in [0.15, 0.2) is 10.9 Å². The van der Waals surface area contributed by atoms with Crippen LogP contribution in [-0.4, -0.2) is 4.98 Å². The van der Waals surface area contributed by atoms with Crippen LogP contribution in [-0.2, 0) is 12.8 Å². The van der Waals surface area contributed by atoms with Gasteiger partial charge in [-0.1, -0.05) is 19.3 Å². The van der Waals surface area contributed by atoms with Crippen molar-refractivity contribution < 1.29 is 0 Å². The highest BCUT2D eigenvalue weighted by Gasteiger charge is 2.10. The maximum Gasteiger partial charge on any atom is 0.266 e. The summed E-state index contributed by atoms with van der Waals surface area (Å²) in [7, 11) is 0. The number of hydrogen-bond donors (Lipinski definition) is 1. The molecule has 0 atom stereocenters. The molecule has 0 aromatic carbocycles. The topological polar surface area (TPSA) is 56.6 Å². The molecule has 1 aromatic heterocycles. The zero-order valence-electron chi connectivity index (χ0n) is 9.38. The second-order valence-corrected chi connectivity index (χ2v) is 4.40. The van der Waals surface area contributed by atoms with Crippen LogP contribution < -0.4 is 5.56 Å². The maximum absolute atomic E-state index is 11.7. The van der Waals surface area contributed by atoms with Crippen LogP contribution in [0.1, 0.15) is 48.9 Å². The van der Waals surface area contributed by atoms with Gasteiger partial charge in [0.05, 0.1) is 0 Å². The maximum atomic E-state index is 11.7. The van der Waals surface area contributed by atoms with E-state index in [9.17, 15) is 4.79 Å². The normalized spacial score (nSPS) is 16.4. The first kappa shape index (κ1) is 10.9. The molecule has 1 aliphatic carbocycles. The van der Waals surface area contributed by atoms with Crippen molar-refractivity contribution in [3.05, 3.63) is 33.2 Å². The molecule has 84 valence electrons. The fraction of sp³-hybridized carbons (Fsp3) is 0.538. The summed E-state index contributed by atoms with van der Waals surface area (Å²) in [6, 6.07) is 4.02. The molecule has 2 bridgehead atoms. The van der Waals surface area contributed by atoms with E-state index in [0.717, 1.165) is 36.9 Å². The molecule has 3 nitrogen and oxygen atoms in total. The second kappa shape index (κ2) is 4.98. The fourth-order valence-electron chi connectivity index (χ4n) is 2.29. The molecule has 0 aliphatic heterocycles. The number of aromatic amines is 1. The van der Waals surface area contributed by atoms with Gasteiger partial charge < -0.3 is 4.98 Å². The lowest BCUT2D eigenvalue weighted by Gasteiger charge is -2.10. The molecule has 1 aromatic rings. The molecule has 0 radical (unpaired) electrons. The molecule has 1 heterocycles. The number of H-pyrrole nitrogens is 1. The van der Waals surface area contributed by atoms with E-state index in [2.05, 4.69) is 4.98 Å². The lowest BCUT2D eigenvalue weighted by molar-refractivity contribution is 0.601. The van der Waals surface area contributed by atoms with Crippen LogP contribution >= 0.6 is 0 Å². The van der Waals surface area contributed by atoms with Crippen LogP contribution in [0.3, 0.4) is 0 Å². The number of pyridine rings is 1. The van der Waals surface area contributed by atoms with E-state index >= 15 is 0 Å². The monoisotopic (exact) mass is 216 g/mol. The molecule has 0 amide bonds. The van der Waals surface area contributed by atoms with Gasteiger partial charge in [0.15, 0.2) is 0 Å². The van der Waals surface area contributed by atoms with E-state index in [1.807, 2.05) is 12.1 Å². The Morgan fingerprint density at radius 1 is 1.12 bits per heavy atom. The fourth-order valence-corrected chi connectivity index (χ4v) is 2.29. The SMILES string of the molecule is N#Cc1c2cc([nH]c1=O)CCCCCCC2. The highest BCUT2D eigenvalue weighted by Crippen LogP contribution is 2.15. The van der Waals surface area contributed by atoms with Gasteiger partial charge in [0.1, 0.15) is 11.6 Å². The number of rotatable bonds is 0. The first-order valence-corrected chi connectivity index (χ1v) is 5.96. The summed E-state index contributed by atoms with van der Waals surface area (Å²) in [5, 5.41) is 8.96. The first-order valence-electron chi connectivity index (χ1n) is 5.96. The Bertz CT molecular complexity index is 468. The Hall–Kier alpha value is -1.56. The number of nitrogens with one attached hydrogen (secondary N) is 1. The lowest BCUT2D eigenvalue weighted by atomic mass is 9.98. The Morgan fingerprint density at radius 3 is 2.56 bits per heavy atom. The van der Waals surface area contributed by atoms with E-state index in [4.69, 9.17) is 5.26 Å². The molecular weight excluding hydrogens is 200 g/mol. The Morgan fingerprint density at radius 2 is 1.81 bits per heavy atom. The Kier molecular flexibility index (Phi) is 3.40. The van der Waals surface area contributed by atoms with Crippen molar-refractivity contribution in [3.8, 4) is 6.07 Å². The molecule has 16 heavy (non-hydrogen) atoms. The number of aromatic nitrogens is 1. The minimum absolute atomic E-state index is 0.212. The third kappa shape index (κ3) is 2.33. The van der Waals surface area contributed by atoms with Gasteiger partial charge in [0.25, 0.3) is 5.56 Å². The van der Waals surface area contributed by atoms with Crippen LogP contribution in [0.2, 0.25) is 0 Å². The highest BCUT2D eigenvalue weighted by molar-refractivity contribution is 5.36. The minimum Gasteiger partial charge on any atom is -0.325 e. The van der Waals surface area contributed by atoms with Crippen LogP contribution in [0, 0.1) is 11.3 Å². The summed E-state index contributed by atoms with van der Waals surface area (Å²) in [5.74, 6) is 0. The highest BCUT2D eigenvalue weighted by atomic mass is 16.1. The standard InChI is InChI=1S/C13H16N2O/c14-9-12-10-6-4-2-1-3-5-7-11(8-10)15-13(12)16/h8H,1-7H2,(H,15,16). The largest absolute Gasteiger partial charge is 0.325 e.